The number of halogens is 2. The quantitative estimate of drug-likeness (QED) is 0.106. The molecule has 1 aliphatic heterocycles. The third kappa shape index (κ3) is 8.13. The molecule has 346 valence electrons. The molecular formula is C63H48Cl2N4O2. The Hall–Kier alpha value is -7.90. The molecule has 8 heteroatoms. The van der Waals surface area contributed by atoms with Gasteiger partial charge in [-0.05, 0) is 105 Å². The first-order valence-electron chi connectivity index (χ1n) is 23.9. The summed E-state index contributed by atoms with van der Waals surface area (Å²) in [5, 5.41) is 0.716. The summed E-state index contributed by atoms with van der Waals surface area (Å²) < 4.78 is 0. The number of carbonyl (C=O) groups excluding carboxylic acids is 2. The zero-order valence-electron chi connectivity index (χ0n) is 39.9. The Labute approximate surface area is 424 Å². The second-order valence-electron chi connectivity index (χ2n) is 18.8. The van der Waals surface area contributed by atoms with Crippen LogP contribution in [0.25, 0.3) is 55.5 Å². The van der Waals surface area contributed by atoms with Gasteiger partial charge in [-0.3, -0.25) is 19.4 Å². The molecule has 0 N–H and O–H groups in total. The van der Waals surface area contributed by atoms with Crippen molar-refractivity contribution in [2.45, 2.75) is 46.5 Å². The van der Waals surface area contributed by atoms with Gasteiger partial charge in [0.15, 0.2) is 23.2 Å². The molecule has 0 fully saturated rings. The lowest BCUT2D eigenvalue weighted by molar-refractivity contribution is 0.0988. The van der Waals surface area contributed by atoms with Crippen LogP contribution in [0.3, 0.4) is 0 Å². The zero-order valence-corrected chi connectivity index (χ0v) is 41.4. The highest BCUT2D eigenvalue weighted by Crippen LogP contribution is 2.56. The maximum atomic E-state index is 14.2. The van der Waals surface area contributed by atoms with E-state index in [2.05, 4.69) is 172 Å². The highest BCUT2D eigenvalue weighted by Gasteiger charge is 2.42. The highest BCUT2D eigenvalue weighted by atomic mass is 35.5. The van der Waals surface area contributed by atoms with Gasteiger partial charge in [0, 0.05) is 22.3 Å². The summed E-state index contributed by atoms with van der Waals surface area (Å²) >= 11 is 13.5. The zero-order chi connectivity index (χ0) is 49.1. The van der Waals surface area contributed by atoms with E-state index in [1.54, 1.807) is 42.5 Å². The van der Waals surface area contributed by atoms with E-state index < -0.39 is 0 Å². The molecule has 0 saturated carbocycles. The van der Waals surface area contributed by atoms with Gasteiger partial charge in [-0.1, -0.05) is 203 Å². The number of benzene rings is 8. The Morgan fingerprint density at radius 3 is 1.27 bits per heavy atom. The van der Waals surface area contributed by atoms with Crippen LogP contribution >= 0.6 is 23.2 Å². The number of nitrogens with zero attached hydrogens (tertiary/aromatic N) is 4. The molecule has 9 aromatic rings. The molecule has 0 bridgehead atoms. The van der Waals surface area contributed by atoms with Gasteiger partial charge in [-0.2, -0.15) is 0 Å². The first-order valence-corrected chi connectivity index (χ1v) is 24.7. The second kappa shape index (κ2) is 18.4. The monoisotopic (exact) mass is 962 g/mol. The number of aromatic nitrogens is 2. The Bertz CT molecular complexity index is 3490. The molecule has 0 saturated heterocycles. The molecular weight excluding hydrogens is 916 g/mol. The van der Waals surface area contributed by atoms with Crippen molar-refractivity contribution in [1.82, 2.24) is 9.97 Å². The van der Waals surface area contributed by atoms with Crippen molar-refractivity contribution >= 4 is 68.8 Å². The third-order valence-electron chi connectivity index (χ3n) is 13.5. The average Bonchev–Trinajstić information content (AvgIpc) is 3.82. The predicted octanol–water partition coefficient (Wildman–Crippen LogP) is 17.3. The first-order chi connectivity index (χ1) is 34.4. The van der Waals surface area contributed by atoms with E-state index in [1.165, 1.54) is 0 Å². The number of ketones is 2. The van der Waals surface area contributed by atoms with E-state index >= 15 is 0 Å². The summed E-state index contributed by atoms with van der Waals surface area (Å²) in [6.45, 7) is 10.9. The summed E-state index contributed by atoms with van der Waals surface area (Å²) in [6.07, 6.45) is 3.58. The molecule has 2 heterocycles. The minimum absolute atomic E-state index is 0.0813. The Morgan fingerprint density at radius 1 is 0.437 bits per heavy atom. The van der Waals surface area contributed by atoms with E-state index in [4.69, 9.17) is 33.2 Å². The van der Waals surface area contributed by atoms with Crippen molar-refractivity contribution < 1.29 is 9.59 Å². The molecule has 6 nitrogen and oxygen atoms in total. The van der Waals surface area contributed by atoms with Gasteiger partial charge in [0.2, 0.25) is 0 Å². The lowest BCUT2D eigenvalue weighted by Crippen LogP contribution is -2.25. The molecule has 1 aromatic heterocycles. The van der Waals surface area contributed by atoms with E-state index in [1.807, 2.05) is 18.2 Å². The van der Waals surface area contributed by atoms with Gasteiger partial charge < -0.3 is 0 Å². The largest absolute Gasteiger partial charge is 0.288 e. The second-order valence-corrected chi connectivity index (χ2v) is 19.6. The van der Waals surface area contributed by atoms with Gasteiger partial charge >= 0.3 is 0 Å². The van der Waals surface area contributed by atoms with Crippen LogP contribution in [0.4, 0.5) is 23.0 Å². The predicted molar refractivity (Wildman–Crippen MR) is 293 cm³/mol. The fraction of sp³-hybridized carbons (Fsp3) is 0.111. The summed E-state index contributed by atoms with van der Waals surface area (Å²) in [4.78, 5) is 43.8. The molecule has 0 spiro atoms. The molecule has 2 aliphatic rings. The van der Waals surface area contributed by atoms with Crippen LogP contribution in [0.2, 0.25) is 10.0 Å². The number of hydrogen-bond donors (Lipinski definition) is 0. The van der Waals surface area contributed by atoms with Gasteiger partial charge in [0.25, 0.3) is 0 Å². The Balaban J connectivity index is 1.26. The summed E-state index contributed by atoms with van der Waals surface area (Å²) in [5.74, 6) is 1.26. The smallest absolute Gasteiger partial charge is 0.197 e. The molecule has 11 rings (SSSR count). The van der Waals surface area contributed by atoms with Crippen LogP contribution < -0.4 is 9.80 Å². The number of hydrogen-bond acceptors (Lipinski definition) is 6. The maximum absolute atomic E-state index is 14.2. The van der Waals surface area contributed by atoms with Gasteiger partial charge in [-0.25, -0.2) is 9.97 Å². The molecule has 0 radical (unpaired) electrons. The lowest BCUT2D eigenvalue weighted by atomic mass is 9.91. The number of rotatable bonds is 9. The van der Waals surface area contributed by atoms with Crippen LogP contribution in [-0.4, -0.2) is 21.5 Å². The fourth-order valence-electron chi connectivity index (χ4n) is 10.00. The summed E-state index contributed by atoms with van der Waals surface area (Å²) in [5.41, 5.74) is 15.3. The van der Waals surface area contributed by atoms with E-state index in [-0.39, 0.29) is 29.0 Å². The molecule has 0 unspecified atom stereocenters. The number of carbonyl (C=O) groups is 2. The van der Waals surface area contributed by atoms with Crippen molar-refractivity contribution in [3.8, 4) is 44.5 Å². The number of aryl methyl sites for hydroxylation is 1. The highest BCUT2D eigenvalue weighted by molar-refractivity contribution is 6.42. The number of para-hydroxylation sites is 1. The van der Waals surface area contributed by atoms with Crippen molar-refractivity contribution in [2.75, 3.05) is 9.80 Å². The Kier molecular flexibility index (Phi) is 11.8. The van der Waals surface area contributed by atoms with Crippen molar-refractivity contribution in [3.05, 3.63) is 237 Å². The minimum Gasteiger partial charge on any atom is -0.288 e. The van der Waals surface area contributed by atoms with E-state index in [9.17, 15) is 9.59 Å². The number of allylic oxidation sites excluding steroid dienone is 3. The summed E-state index contributed by atoms with van der Waals surface area (Å²) in [6, 6.07) is 59.5. The third-order valence-corrected chi connectivity index (χ3v) is 14.2. The molecule has 8 aromatic carbocycles. The number of fused-ring (bicyclic) bond motifs is 3. The van der Waals surface area contributed by atoms with Gasteiger partial charge in [-0.15, -0.1) is 0 Å². The summed E-state index contributed by atoms with van der Waals surface area (Å²) in [7, 11) is 0. The number of anilines is 4. The van der Waals surface area contributed by atoms with Crippen LogP contribution in [-0.2, 0) is 0 Å². The van der Waals surface area contributed by atoms with E-state index in [0.717, 1.165) is 72.6 Å². The van der Waals surface area contributed by atoms with Crippen LogP contribution in [0.1, 0.15) is 76.9 Å². The average molecular weight is 964 g/mol. The topological polar surface area (TPSA) is 66.4 Å². The first kappa shape index (κ1) is 45.5. The molecule has 71 heavy (non-hydrogen) atoms. The standard InChI is InChI=1S/C63H48Cl2N4O2/c1-37(2)46-21-14-22-47(38(3)4)58(46)68-57(32-31-50-60(70)48-19-12-13-20-49(48)61(50)71)69(63-62(68)66-55-35-53(64)54(65)36-56(55)67-63)59-51(44-27-23-42(24-28-44)40-15-8-6-9-16-40)33-39(5)34-52(59)45-29-25-43(26-30-45)41-17-10-7-11-18-41/h6-38H,1-5H3/b57-32+. The van der Waals surface area contributed by atoms with Crippen molar-refractivity contribution in [1.29, 1.82) is 0 Å². The van der Waals surface area contributed by atoms with E-state index in [0.29, 0.717) is 49.7 Å². The minimum atomic E-state index is -0.318. The van der Waals surface area contributed by atoms with Crippen molar-refractivity contribution in [3.63, 3.8) is 0 Å². The lowest BCUT2D eigenvalue weighted by Gasteiger charge is -2.32. The fourth-order valence-corrected chi connectivity index (χ4v) is 10.3. The molecule has 1 aliphatic carbocycles. The molecule has 0 amide bonds. The van der Waals surface area contributed by atoms with Crippen LogP contribution in [0.5, 0.6) is 0 Å². The Morgan fingerprint density at radius 2 is 0.831 bits per heavy atom. The van der Waals surface area contributed by atoms with Gasteiger partial charge in [0.05, 0.1) is 38.0 Å². The van der Waals surface area contributed by atoms with Gasteiger partial charge in [0.1, 0.15) is 5.82 Å². The normalized spacial score (nSPS) is 13.8. The van der Waals surface area contributed by atoms with Crippen molar-refractivity contribution in [2.24, 2.45) is 0 Å². The SMILES string of the molecule is Cc1cc(-c2ccc(-c3ccccc3)cc2)c(N2/C(=C/C=C3C(=O)c4ccccc4C3=O)N(c3c(C(C)C)cccc3C(C)C)c3nc4cc(Cl)c(Cl)cc4nc32)c(-c2ccc(-c3ccccc3)cc2)c1. The van der Waals surface area contributed by atoms with Crippen LogP contribution in [0, 0.1) is 6.92 Å². The maximum Gasteiger partial charge on any atom is 0.197 e. The molecule has 0 atom stereocenters. The van der Waals surface area contributed by atoms with Crippen LogP contribution in [0.15, 0.2) is 199 Å². The number of Topliss-reactive ketones (excluding diaryl/α,β-unsaturated/α-hetero) is 2.